The van der Waals surface area contributed by atoms with Crippen molar-refractivity contribution in [3.05, 3.63) is 57.5 Å². The van der Waals surface area contributed by atoms with Crippen LogP contribution in [0.15, 0.2) is 34.7 Å². The van der Waals surface area contributed by atoms with Crippen LogP contribution in [0.4, 0.5) is 0 Å². The minimum Gasteiger partial charge on any atom is -0.475 e. The molecule has 1 aromatic heterocycles. The fourth-order valence-corrected chi connectivity index (χ4v) is 1.99. The summed E-state index contributed by atoms with van der Waals surface area (Å²) in [4.78, 5) is 10.7. The molecule has 1 aromatic carbocycles. The van der Waals surface area contributed by atoms with Crippen LogP contribution in [0.5, 0.6) is 0 Å². The molecule has 0 bridgehead atoms. The van der Waals surface area contributed by atoms with E-state index in [2.05, 4.69) is 0 Å². The first kappa shape index (κ1) is 12.0. The van der Waals surface area contributed by atoms with E-state index in [0.29, 0.717) is 22.2 Å². The van der Waals surface area contributed by atoms with Gasteiger partial charge < -0.3 is 9.52 Å². The number of halogens is 2. The summed E-state index contributed by atoms with van der Waals surface area (Å²) in [5.41, 5.74) is 0.724. The van der Waals surface area contributed by atoms with Crippen molar-refractivity contribution in [2.45, 2.75) is 6.42 Å². The van der Waals surface area contributed by atoms with Crippen molar-refractivity contribution in [2.24, 2.45) is 0 Å². The lowest BCUT2D eigenvalue weighted by molar-refractivity contribution is 0.0660. The monoisotopic (exact) mass is 270 g/mol. The highest BCUT2D eigenvalue weighted by Gasteiger charge is 2.12. The fourth-order valence-electron chi connectivity index (χ4n) is 1.46. The largest absolute Gasteiger partial charge is 0.475 e. The summed E-state index contributed by atoms with van der Waals surface area (Å²) in [6.07, 6.45) is 0.367. The molecule has 0 unspecified atom stereocenters. The van der Waals surface area contributed by atoms with Crippen molar-refractivity contribution in [3.8, 4) is 0 Å². The van der Waals surface area contributed by atoms with E-state index in [4.69, 9.17) is 32.7 Å². The SMILES string of the molecule is O=C(O)c1ccc(Cc2c(Cl)cccc2Cl)o1. The van der Waals surface area contributed by atoms with E-state index in [1.807, 2.05) is 0 Å². The van der Waals surface area contributed by atoms with E-state index < -0.39 is 5.97 Å². The average Bonchev–Trinajstić information content (AvgIpc) is 2.72. The van der Waals surface area contributed by atoms with Crippen LogP contribution in [0.25, 0.3) is 0 Å². The van der Waals surface area contributed by atoms with Crippen LogP contribution in [0.2, 0.25) is 10.0 Å². The second-order valence-electron chi connectivity index (χ2n) is 3.45. The number of hydrogen-bond donors (Lipinski definition) is 1. The van der Waals surface area contributed by atoms with Crippen LogP contribution in [0, 0.1) is 0 Å². The van der Waals surface area contributed by atoms with E-state index in [0.717, 1.165) is 5.56 Å². The Morgan fingerprint density at radius 3 is 2.35 bits per heavy atom. The first-order valence-electron chi connectivity index (χ1n) is 4.83. The van der Waals surface area contributed by atoms with Crippen LogP contribution in [-0.4, -0.2) is 11.1 Å². The Kier molecular flexibility index (Phi) is 3.41. The maximum Gasteiger partial charge on any atom is 0.371 e. The topological polar surface area (TPSA) is 50.4 Å². The maximum absolute atomic E-state index is 10.7. The molecule has 0 spiro atoms. The fraction of sp³-hybridized carbons (Fsp3) is 0.0833. The maximum atomic E-state index is 10.7. The van der Waals surface area contributed by atoms with Gasteiger partial charge in [0.25, 0.3) is 0 Å². The van der Waals surface area contributed by atoms with Crippen molar-refractivity contribution in [3.63, 3.8) is 0 Å². The third kappa shape index (κ3) is 2.62. The van der Waals surface area contributed by atoms with Crippen molar-refractivity contribution in [1.82, 2.24) is 0 Å². The van der Waals surface area contributed by atoms with Crippen LogP contribution < -0.4 is 0 Å². The molecule has 0 saturated heterocycles. The third-order valence-corrected chi connectivity index (χ3v) is 2.99. The molecule has 0 atom stereocenters. The highest BCUT2D eigenvalue weighted by molar-refractivity contribution is 6.36. The van der Waals surface area contributed by atoms with Gasteiger partial charge >= 0.3 is 5.97 Å². The summed E-state index contributed by atoms with van der Waals surface area (Å²) in [5.74, 6) is -0.679. The molecule has 0 aliphatic heterocycles. The van der Waals surface area contributed by atoms with Gasteiger partial charge in [-0.05, 0) is 29.8 Å². The minimum atomic E-state index is -1.10. The van der Waals surface area contributed by atoms with Gasteiger partial charge in [0.1, 0.15) is 5.76 Å². The summed E-state index contributed by atoms with van der Waals surface area (Å²) in [5, 5.41) is 9.79. The summed E-state index contributed by atoms with van der Waals surface area (Å²) >= 11 is 12.0. The lowest BCUT2D eigenvalue weighted by atomic mass is 10.1. The summed E-state index contributed by atoms with van der Waals surface area (Å²) in [7, 11) is 0. The van der Waals surface area contributed by atoms with Gasteiger partial charge in [0.05, 0.1) is 0 Å². The van der Waals surface area contributed by atoms with E-state index in [1.165, 1.54) is 6.07 Å². The smallest absolute Gasteiger partial charge is 0.371 e. The molecule has 5 heteroatoms. The Morgan fingerprint density at radius 2 is 1.82 bits per heavy atom. The van der Waals surface area contributed by atoms with Gasteiger partial charge in [0.2, 0.25) is 5.76 Å². The zero-order chi connectivity index (χ0) is 12.4. The molecule has 88 valence electrons. The quantitative estimate of drug-likeness (QED) is 0.921. The van der Waals surface area contributed by atoms with Gasteiger partial charge in [-0.1, -0.05) is 29.3 Å². The average molecular weight is 271 g/mol. The highest BCUT2D eigenvalue weighted by atomic mass is 35.5. The highest BCUT2D eigenvalue weighted by Crippen LogP contribution is 2.27. The Labute approximate surface area is 108 Å². The minimum absolute atomic E-state index is 0.0943. The lowest BCUT2D eigenvalue weighted by Gasteiger charge is -2.04. The molecular formula is C12H8Cl2O3. The van der Waals surface area contributed by atoms with Crippen molar-refractivity contribution >= 4 is 29.2 Å². The molecule has 17 heavy (non-hydrogen) atoms. The van der Waals surface area contributed by atoms with Crippen molar-refractivity contribution in [2.75, 3.05) is 0 Å². The molecular weight excluding hydrogens is 263 g/mol. The second-order valence-corrected chi connectivity index (χ2v) is 4.26. The number of carboxylic acid groups (broad SMARTS) is 1. The normalized spacial score (nSPS) is 10.5. The van der Waals surface area contributed by atoms with Gasteiger partial charge in [0, 0.05) is 16.5 Å². The van der Waals surface area contributed by atoms with Gasteiger partial charge in [-0.3, -0.25) is 0 Å². The van der Waals surface area contributed by atoms with Crippen LogP contribution in [0.1, 0.15) is 21.9 Å². The molecule has 3 nitrogen and oxygen atoms in total. The van der Waals surface area contributed by atoms with Gasteiger partial charge in [-0.15, -0.1) is 0 Å². The number of hydrogen-bond acceptors (Lipinski definition) is 2. The number of rotatable bonds is 3. The molecule has 2 rings (SSSR count). The lowest BCUT2D eigenvalue weighted by Crippen LogP contribution is -1.93. The zero-order valence-corrected chi connectivity index (χ0v) is 10.1. The van der Waals surface area contributed by atoms with Crippen molar-refractivity contribution < 1.29 is 14.3 Å². The number of benzene rings is 1. The van der Waals surface area contributed by atoms with Crippen LogP contribution >= 0.6 is 23.2 Å². The zero-order valence-electron chi connectivity index (χ0n) is 8.61. The Hall–Kier alpha value is -1.45. The van der Waals surface area contributed by atoms with Crippen LogP contribution in [-0.2, 0) is 6.42 Å². The first-order chi connectivity index (χ1) is 8.08. The Morgan fingerprint density at radius 1 is 1.18 bits per heavy atom. The summed E-state index contributed by atoms with van der Waals surface area (Å²) in [6.45, 7) is 0. The van der Waals surface area contributed by atoms with E-state index in [9.17, 15) is 4.79 Å². The molecule has 1 N–H and O–H groups in total. The Bertz CT molecular complexity index is 540. The third-order valence-electron chi connectivity index (χ3n) is 2.29. The number of aromatic carboxylic acids is 1. The predicted molar refractivity (Wildman–Crippen MR) is 64.9 cm³/mol. The molecule has 0 saturated carbocycles. The molecule has 1 heterocycles. The molecule has 0 amide bonds. The van der Waals surface area contributed by atoms with Gasteiger partial charge in [0.15, 0.2) is 0 Å². The molecule has 0 aliphatic carbocycles. The number of furan rings is 1. The standard InChI is InChI=1S/C12H8Cl2O3/c13-9-2-1-3-10(14)8(9)6-7-4-5-11(17-7)12(15)16/h1-5H,6H2,(H,15,16). The van der Waals surface area contributed by atoms with E-state index in [-0.39, 0.29) is 5.76 Å². The predicted octanol–water partition coefficient (Wildman–Crippen LogP) is 3.88. The molecule has 0 aliphatic rings. The van der Waals surface area contributed by atoms with E-state index in [1.54, 1.807) is 24.3 Å². The summed E-state index contributed by atoms with van der Waals surface area (Å²) < 4.78 is 5.14. The first-order valence-corrected chi connectivity index (χ1v) is 5.58. The summed E-state index contributed by atoms with van der Waals surface area (Å²) in [6, 6.07) is 8.21. The van der Waals surface area contributed by atoms with Gasteiger partial charge in [-0.25, -0.2) is 4.79 Å². The number of carbonyl (C=O) groups is 1. The Balaban J connectivity index is 2.28. The van der Waals surface area contributed by atoms with E-state index >= 15 is 0 Å². The van der Waals surface area contributed by atoms with Gasteiger partial charge in [-0.2, -0.15) is 0 Å². The molecule has 2 aromatic rings. The molecule has 0 fully saturated rings. The second kappa shape index (κ2) is 4.82. The number of carboxylic acids is 1. The molecule has 0 radical (unpaired) electrons. The van der Waals surface area contributed by atoms with Crippen LogP contribution in [0.3, 0.4) is 0 Å². The van der Waals surface area contributed by atoms with Crippen molar-refractivity contribution in [1.29, 1.82) is 0 Å².